The van der Waals surface area contributed by atoms with Crippen molar-refractivity contribution in [2.75, 3.05) is 0 Å². The van der Waals surface area contributed by atoms with Gasteiger partial charge < -0.3 is 8.98 Å². The molecule has 220 valence electrons. The van der Waals surface area contributed by atoms with Crippen LogP contribution in [0.5, 0.6) is 0 Å². The molecule has 0 radical (unpaired) electrons. The van der Waals surface area contributed by atoms with Crippen LogP contribution in [0.1, 0.15) is 78.9 Å². The summed E-state index contributed by atoms with van der Waals surface area (Å²) in [6.45, 7) is 19.7. The van der Waals surface area contributed by atoms with Crippen LogP contribution >= 0.6 is 0 Å². The van der Waals surface area contributed by atoms with Crippen LogP contribution in [-0.4, -0.2) is 42.3 Å². The molecule has 4 aromatic rings. The molecule has 10 heteroatoms. The van der Waals surface area contributed by atoms with Gasteiger partial charge in [0.25, 0.3) is 0 Å². The van der Waals surface area contributed by atoms with Gasteiger partial charge in [0.1, 0.15) is 16.6 Å². The van der Waals surface area contributed by atoms with Crippen molar-refractivity contribution < 1.29 is 8.98 Å². The second-order valence-corrected chi connectivity index (χ2v) is 19.8. The normalized spacial score (nSPS) is 14.4. The zero-order chi connectivity index (χ0) is 30.0. The molecule has 0 saturated heterocycles. The topological polar surface area (TPSA) is 101 Å². The van der Waals surface area contributed by atoms with Crippen molar-refractivity contribution in [2.45, 2.75) is 96.8 Å². The molecule has 3 heterocycles. The Morgan fingerprint density at radius 3 is 2.49 bits per heavy atom. The highest BCUT2D eigenvalue weighted by molar-refractivity contribution is 7.90. The summed E-state index contributed by atoms with van der Waals surface area (Å²) in [7, 11) is -1.89. The summed E-state index contributed by atoms with van der Waals surface area (Å²) >= 11 is -1.23. The van der Waals surface area contributed by atoms with Crippen molar-refractivity contribution in [1.29, 1.82) is 0 Å². The van der Waals surface area contributed by atoms with Gasteiger partial charge in [0, 0.05) is 28.5 Å². The van der Waals surface area contributed by atoms with Gasteiger partial charge >= 0.3 is 0 Å². The van der Waals surface area contributed by atoms with E-state index in [1.807, 2.05) is 62.0 Å². The van der Waals surface area contributed by atoms with Gasteiger partial charge in [0.2, 0.25) is 0 Å². The quantitative estimate of drug-likeness (QED) is 0.152. The third-order valence-corrected chi connectivity index (χ3v) is 13.7. The van der Waals surface area contributed by atoms with Crippen LogP contribution in [0.15, 0.2) is 54.9 Å². The van der Waals surface area contributed by atoms with Crippen molar-refractivity contribution in [3.63, 3.8) is 0 Å². The third-order valence-electron chi connectivity index (χ3n) is 7.63. The third kappa shape index (κ3) is 7.42. The first-order valence-corrected chi connectivity index (χ1v) is 18.3. The highest BCUT2D eigenvalue weighted by atomic mass is 32.2. The minimum atomic E-state index is -1.89. The molecule has 0 amide bonds. The number of hydrogen-bond donors (Lipinski definition) is 1. The Kier molecular flexibility index (Phi) is 9.40. The predicted molar refractivity (Wildman–Crippen MR) is 171 cm³/mol. The molecule has 1 aromatic carbocycles. The summed E-state index contributed by atoms with van der Waals surface area (Å²) in [6, 6.07) is 13.9. The first kappa shape index (κ1) is 31.3. The van der Waals surface area contributed by atoms with Gasteiger partial charge in [0.05, 0.1) is 29.7 Å². The Hall–Kier alpha value is -2.63. The van der Waals surface area contributed by atoms with Gasteiger partial charge in [-0.2, -0.15) is 5.10 Å². The average Bonchev–Trinajstić information content (AvgIpc) is 3.34. The van der Waals surface area contributed by atoms with E-state index >= 15 is 0 Å². The molecule has 1 N–H and O–H groups in total. The maximum atomic E-state index is 12.8. The molecule has 8 nitrogen and oxygen atoms in total. The lowest BCUT2D eigenvalue weighted by molar-refractivity contribution is 0.272. The zero-order valence-corrected chi connectivity index (χ0v) is 27.7. The van der Waals surface area contributed by atoms with E-state index in [2.05, 4.69) is 67.7 Å². The van der Waals surface area contributed by atoms with E-state index in [-0.39, 0.29) is 15.8 Å². The first-order valence-electron chi connectivity index (χ1n) is 14.3. The maximum absolute atomic E-state index is 12.8. The van der Waals surface area contributed by atoms with Crippen molar-refractivity contribution in [3.05, 3.63) is 66.4 Å². The predicted octanol–water partition coefficient (Wildman–Crippen LogP) is 7.29. The van der Waals surface area contributed by atoms with E-state index in [0.29, 0.717) is 12.4 Å². The molecular formula is C31H44N6O2SSi. The molecule has 4 rings (SSSR count). The van der Waals surface area contributed by atoms with E-state index < -0.39 is 19.7 Å². The maximum Gasteiger partial charge on any atom is 0.192 e. The minimum Gasteiger partial charge on any atom is -0.598 e. The van der Waals surface area contributed by atoms with E-state index in [1.54, 1.807) is 6.20 Å². The fraction of sp³-hybridized carbons (Fsp3) is 0.484. The van der Waals surface area contributed by atoms with Gasteiger partial charge in [-0.3, -0.25) is 0 Å². The van der Waals surface area contributed by atoms with Crippen LogP contribution in [-0.2, 0) is 22.4 Å². The number of rotatable bonds is 10. The van der Waals surface area contributed by atoms with E-state index in [9.17, 15) is 4.55 Å². The molecule has 1 unspecified atom stereocenters. The Labute approximate surface area is 248 Å². The largest absolute Gasteiger partial charge is 0.598 e. The van der Waals surface area contributed by atoms with Gasteiger partial charge in [-0.15, -0.1) is 4.72 Å². The Morgan fingerprint density at radius 1 is 1.05 bits per heavy atom. The molecule has 0 bridgehead atoms. The number of aromatic nitrogens is 5. The van der Waals surface area contributed by atoms with Crippen molar-refractivity contribution in [3.8, 4) is 17.1 Å². The molecular weight excluding hydrogens is 549 g/mol. The lowest BCUT2D eigenvalue weighted by Crippen LogP contribution is -2.41. The highest BCUT2D eigenvalue weighted by Gasteiger charge is 2.37. The minimum absolute atomic E-state index is 0.135. The summed E-state index contributed by atoms with van der Waals surface area (Å²) in [6.07, 6.45) is 5.34. The van der Waals surface area contributed by atoms with Crippen molar-refractivity contribution >= 4 is 30.6 Å². The number of nitrogens with zero attached hydrogens (tertiary/aromatic N) is 5. The fourth-order valence-corrected chi connectivity index (χ4v) is 5.81. The van der Waals surface area contributed by atoms with Gasteiger partial charge in [-0.25, -0.2) is 19.6 Å². The van der Waals surface area contributed by atoms with E-state index in [4.69, 9.17) is 14.4 Å². The van der Waals surface area contributed by atoms with Gasteiger partial charge in [-0.1, -0.05) is 52.3 Å². The summed E-state index contributed by atoms with van der Waals surface area (Å²) in [5, 5.41) is 5.81. The van der Waals surface area contributed by atoms with Crippen molar-refractivity contribution in [1.82, 2.24) is 29.5 Å². The standard InChI is InChI=1S/C31H44N6O2SSi/c1-10-12-26(36-40(38)30(2,3)4)29-32-18-17-25(35-29)22-15-16-23-20-33-37(27(23)19-22)28-14-11-13-24(34-28)21-39-41(8,9)31(5,6)7/h11,13-20,26,36H,10,12,21H2,1-9H3/t26?,40-/m1/s1. The summed E-state index contributed by atoms with van der Waals surface area (Å²) in [5.74, 6) is 1.39. The molecule has 0 saturated carbocycles. The van der Waals surface area contributed by atoms with E-state index in [1.165, 1.54) is 0 Å². The summed E-state index contributed by atoms with van der Waals surface area (Å²) in [4.78, 5) is 14.3. The smallest absolute Gasteiger partial charge is 0.192 e. The first-order chi connectivity index (χ1) is 19.2. The lowest BCUT2D eigenvalue weighted by atomic mass is 10.1. The van der Waals surface area contributed by atoms with Crippen LogP contribution in [0.4, 0.5) is 0 Å². The molecule has 0 aliphatic heterocycles. The average molecular weight is 593 g/mol. The van der Waals surface area contributed by atoms with Crippen LogP contribution in [0, 0.1) is 0 Å². The fourth-order valence-electron chi connectivity index (χ4n) is 4.03. The van der Waals surface area contributed by atoms with Gasteiger partial charge in [0.15, 0.2) is 14.1 Å². The lowest BCUT2D eigenvalue weighted by Gasteiger charge is -2.36. The zero-order valence-electron chi connectivity index (χ0n) is 25.9. The Morgan fingerprint density at radius 2 is 1.80 bits per heavy atom. The molecule has 3 aromatic heterocycles. The number of fused-ring (bicyclic) bond motifs is 1. The number of benzene rings is 1. The second-order valence-electron chi connectivity index (χ2n) is 13.0. The van der Waals surface area contributed by atoms with Crippen molar-refractivity contribution in [2.24, 2.45) is 0 Å². The molecule has 2 atom stereocenters. The monoisotopic (exact) mass is 592 g/mol. The molecule has 0 fully saturated rings. The molecule has 0 spiro atoms. The highest BCUT2D eigenvalue weighted by Crippen LogP contribution is 2.37. The Bertz CT molecular complexity index is 1480. The van der Waals surface area contributed by atoms with Crippen LogP contribution in [0.3, 0.4) is 0 Å². The molecule has 0 aliphatic rings. The summed E-state index contributed by atoms with van der Waals surface area (Å²) in [5.41, 5.74) is 3.58. The Balaban J connectivity index is 1.63. The van der Waals surface area contributed by atoms with Crippen LogP contribution < -0.4 is 4.72 Å². The molecule has 41 heavy (non-hydrogen) atoms. The number of hydrogen-bond acceptors (Lipinski definition) is 7. The van der Waals surface area contributed by atoms with Crippen LogP contribution in [0.2, 0.25) is 18.1 Å². The SMILES string of the molecule is CCCC(N[S@+]([O-])C(C)(C)C)c1nccc(-c2ccc3cnn(-c4cccc(CO[Si](C)(C)C(C)(C)C)n4)c3c2)n1. The van der Waals surface area contributed by atoms with Crippen LogP contribution in [0.25, 0.3) is 28.0 Å². The van der Waals surface area contributed by atoms with E-state index in [0.717, 1.165) is 46.5 Å². The number of pyridine rings is 1. The number of nitrogens with one attached hydrogen (secondary N) is 1. The van der Waals surface area contributed by atoms with Gasteiger partial charge in [-0.05, 0) is 69.6 Å². The summed E-state index contributed by atoms with van der Waals surface area (Å²) < 4.78 is 24.0. The second kappa shape index (κ2) is 12.3. The molecule has 0 aliphatic carbocycles.